The van der Waals surface area contributed by atoms with Gasteiger partial charge in [-0.2, -0.15) is 0 Å². The average molecular weight is 290 g/mol. The van der Waals surface area contributed by atoms with Gasteiger partial charge in [-0.05, 0) is 24.5 Å². The molecular formula is C13H14N4S2. The van der Waals surface area contributed by atoms with Crippen molar-refractivity contribution in [2.45, 2.75) is 10.9 Å². The third-order valence-electron chi connectivity index (χ3n) is 2.92. The van der Waals surface area contributed by atoms with Crippen molar-refractivity contribution >= 4 is 39.0 Å². The molecule has 0 amide bonds. The summed E-state index contributed by atoms with van der Waals surface area (Å²) in [4.78, 5) is 8.83. The molecule has 0 saturated heterocycles. The molecule has 1 N–H and O–H groups in total. The van der Waals surface area contributed by atoms with Crippen LogP contribution in [0.25, 0.3) is 10.2 Å². The van der Waals surface area contributed by atoms with Crippen molar-refractivity contribution in [3.8, 4) is 0 Å². The Balaban J connectivity index is 1.79. The van der Waals surface area contributed by atoms with Crippen LogP contribution in [-0.4, -0.2) is 20.8 Å². The Kier molecular flexibility index (Phi) is 3.44. The van der Waals surface area contributed by atoms with Gasteiger partial charge in [0.15, 0.2) is 4.34 Å². The third-order valence-corrected chi connectivity index (χ3v) is 4.92. The van der Waals surface area contributed by atoms with E-state index in [2.05, 4.69) is 39.7 Å². The summed E-state index contributed by atoms with van der Waals surface area (Å²) in [6.07, 6.45) is 5.82. The lowest BCUT2D eigenvalue weighted by atomic mass is 10.3. The van der Waals surface area contributed by atoms with Gasteiger partial charge in [-0.15, -0.1) is 11.3 Å². The minimum Gasteiger partial charge on any atom is -0.378 e. The molecule has 0 fully saturated rings. The molecule has 3 aromatic rings. The van der Waals surface area contributed by atoms with Crippen LogP contribution in [0.4, 0.5) is 5.69 Å². The SMILES string of the molecule is CSc1nc2ccc(NCc3nccn3C)cc2s1. The van der Waals surface area contributed by atoms with Crippen LogP contribution in [0.3, 0.4) is 0 Å². The molecule has 0 unspecified atom stereocenters. The topological polar surface area (TPSA) is 42.7 Å². The fourth-order valence-electron chi connectivity index (χ4n) is 1.85. The minimum absolute atomic E-state index is 0.725. The van der Waals surface area contributed by atoms with Crippen LogP contribution in [0.1, 0.15) is 5.82 Å². The predicted molar refractivity (Wildman–Crippen MR) is 81.9 cm³/mol. The first kappa shape index (κ1) is 12.5. The molecule has 6 heteroatoms. The zero-order valence-electron chi connectivity index (χ0n) is 10.8. The molecule has 3 rings (SSSR count). The van der Waals surface area contributed by atoms with Crippen molar-refractivity contribution in [3.05, 3.63) is 36.4 Å². The van der Waals surface area contributed by atoms with E-state index in [1.807, 2.05) is 24.0 Å². The number of rotatable bonds is 4. The largest absolute Gasteiger partial charge is 0.378 e. The maximum absolute atomic E-state index is 4.53. The second kappa shape index (κ2) is 5.22. The summed E-state index contributed by atoms with van der Waals surface area (Å²) < 4.78 is 4.34. The molecule has 1 aromatic carbocycles. The lowest BCUT2D eigenvalue weighted by Crippen LogP contribution is -2.05. The zero-order valence-corrected chi connectivity index (χ0v) is 12.4. The lowest BCUT2D eigenvalue weighted by Gasteiger charge is -2.06. The number of anilines is 1. The second-order valence-corrected chi connectivity index (χ2v) is 6.26. The Labute approximate surface area is 119 Å². The summed E-state index contributed by atoms with van der Waals surface area (Å²) in [7, 11) is 2.00. The number of aromatic nitrogens is 3. The molecule has 0 bridgehead atoms. The maximum Gasteiger partial charge on any atom is 0.150 e. The minimum atomic E-state index is 0.725. The standard InChI is InChI=1S/C13H14N4S2/c1-17-6-5-14-12(17)8-15-9-3-4-10-11(7-9)19-13(16-10)18-2/h3-7,15H,8H2,1-2H3. The van der Waals surface area contributed by atoms with Crippen LogP contribution in [0.5, 0.6) is 0 Å². The first-order valence-corrected chi connectivity index (χ1v) is 7.95. The van der Waals surface area contributed by atoms with Gasteiger partial charge < -0.3 is 9.88 Å². The van der Waals surface area contributed by atoms with E-state index in [0.717, 1.165) is 27.9 Å². The van der Waals surface area contributed by atoms with Gasteiger partial charge in [-0.3, -0.25) is 0 Å². The Morgan fingerprint density at radius 3 is 3.05 bits per heavy atom. The van der Waals surface area contributed by atoms with Gasteiger partial charge in [-0.25, -0.2) is 9.97 Å². The molecule has 4 nitrogen and oxygen atoms in total. The highest BCUT2D eigenvalue weighted by Gasteiger charge is 2.04. The number of hydrogen-bond acceptors (Lipinski definition) is 5. The highest BCUT2D eigenvalue weighted by atomic mass is 32.2. The van der Waals surface area contributed by atoms with E-state index >= 15 is 0 Å². The van der Waals surface area contributed by atoms with Gasteiger partial charge in [-0.1, -0.05) is 11.8 Å². The monoisotopic (exact) mass is 290 g/mol. The quantitative estimate of drug-likeness (QED) is 0.748. The summed E-state index contributed by atoms with van der Waals surface area (Å²) in [5, 5.41) is 3.40. The van der Waals surface area contributed by atoms with E-state index in [1.165, 1.54) is 4.70 Å². The first-order valence-electron chi connectivity index (χ1n) is 5.91. The van der Waals surface area contributed by atoms with Gasteiger partial charge in [0.05, 0.1) is 16.8 Å². The zero-order chi connectivity index (χ0) is 13.2. The van der Waals surface area contributed by atoms with Crippen molar-refractivity contribution in [2.75, 3.05) is 11.6 Å². The normalized spacial score (nSPS) is 11.1. The molecular weight excluding hydrogens is 276 g/mol. The van der Waals surface area contributed by atoms with E-state index in [4.69, 9.17) is 0 Å². The summed E-state index contributed by atoms with van der Waals surface area (Å²) in [5.41, 5.74) is 2.17. The molecule has 19 heavy (non-hydrogen) atoms. The smallest absolute Gasteiger partial charge is 0.150 e. The molecule has 0 aliphatic rings. The number of nitrogens with one attached hydrogen (secondary N) is 1. The number of aryl methyl sites for hydroxylation is 1. The summed E-state index contributed by atoms with van der Waals surface area (Å²) in [6.45, 7) is 0.725. The Bertz CT molecular complexity index is 702. The van der Waals surface area contributed by atoms with E-state index in [9.17, 15) is 0 Å². The van der Waals surface area contributed by atoms with Crippen molar-refractivity contribution in [1.82, 2.24) is 14.5 Å². The number of hydrogen-bond donors (Lipinski definition) is 1. The molecule has 0 atom stereocenters. The van der Waals surface area contributed by atoms with Gasteiger partial charge in [0, 0.05) is 25.1 Å². The van der Waals surface area contributed by atoms with Crippen molar-refractivity contribution in [3.63, 3.8) is 0 Å². The number of fused-ring (bicyclic) bond motifs is 1. The molecule has 2 aromatic heterocycles. The molecule has 0 aliphatic carbocycles. The predicted octanol–water partition coefficient (Wildman–Crippen LogP) is 3.36. The van der Waals surface area contributed by atoms with Crippen LogP contribution in [0.15, 0.2) is 34.9 Å². The molecule has 2 heterocycles. The maximum atomic E-state index is 4.53. The molecule has 0 radical (unpaired) electrons. The van der Waals surface area contributed by atoms with E-state index in [1.54, 1.807) is 23.1 Å². The Hall–Kier alpha value is -1.53. The Morgan fingerprint density at radius 2 is 2.32 bits per heavy atom. The average Bonchev–Trinajstić information content (AvgIpc) is 3.01. The van der Waals surface area contributed by atoms with Gasteiger partial charge in [0.1, 0.15) is 5.82 Å². The van der Waals surface area contributed by atoms with Crippen molar-refractivity contribution < 1.29 is 0 Å². The molecule has 98 valence electrons. The number of benzene rings is 1. The fourth-order valence-corrected chi connectivity index (χ4v) is 3.38. The highest BCUT2D eigenvalue weighted by molar-refractivity contribution is 8.00. The van der Waals surface area contributed by atoms with E-state index in [0.29, 0.717) is 0 Å². The third kappa shape index (κ3) is 2.59. The molecule has 0 aliphatic heterocycles. The summed E-state index contributed by atoms with van der Waals surface area (Å²) in [5.74, 6) is 1.02. The second-order valence-electron chi connectivity index (χ2n) is 4.17. The van der Waals surface area contributed by atoms with Crippen molar-refractivity contribution in [2.24, 2.45) is 7.05 Å². The van der Waals surface area contributed by atoms with Gasteiger partial charge >= 0.3 is 0 Å². The van der Waals surface area contributed by atoms with E-state index < -0.39 is 0 Å². The van der Waals surface area contributed by atoms with Crippen LogP contribution in [0, 0.1) is 0 Å². The Morgan fingerprint density at radius 1 is 1.42 bits per heavy atom. The van der Waals surface area contributed by atoms with E-state index in [-0.39, 0.29) is 0 Å². The van der Waals surface area contributed by atoms with Crippen LogP contribution >= 0.6 is 23.1 Å². The number of thiazole rings is 1. The summed E-state index contributed by atoms with van der Waals surface area (Å²) >= 11 is 3.42. The number of nitrogens with zero attached hydrogens (tertiary/aromatic N) is 3. The van der Waals surface area contributed by atoms with Crippen LogP contribution < -0.4 is 5.32 Å². The highest BCUT2D eigenvalue weighted by Crippen LogP contribution is 2.29. The fraction of sp³-hybridized carbons (Fsp3) is 0.231. The van der Waals surface area contributed by atoms with Gasteiger partial charge in [0.2, 0.25) is 0 Å². The molecule has 0 saturated carbocycles. The summed E-state index contributed by atoms with van der Waals surface area (Å²) in [6, 6.07) is 6.27. The molecule has 0 spiro atoms. The lowest BCUT2D eigenvalue weighted by molar-refractivity contribution is 0.813. The van der Waals surface area contributed by atoms with Crippen LogP contribution in [0.2, 0.25) is 0 Å². The van der Waals surface area contributed by atoms with Crippen LogP contribution in [-0.2, 0) is 13.6 Å². The first-order chi connectivity index (χ1) is 9.26. The van der Waals surface area contributed by atoms with Gasteiger partial charge in [0.25, 0.3) is 0 Å². The number of thioether (sulfide) groups is 1. The number of imidazole rings is 1. The van der Waals surface area contributed by atoms with Crippen molar-refractivity contribution in [1.29, 1.82) is 0 Å².